The molecule has 1 amide bonds. The summed E-state index contributed by atoms with van der Waals surface area (Å²) in [5.74, 6) is 0.181. The van der Waals surface area contributed by atoms with Gasteiger partial charge in [-0.15, -0.1) is 0 Å². The first-order chi connectivity index (χ1) is 8.18. The number of rotatable bonds is 3. The van der Waals surface area contributed by atoms with Crippen molar-refractivity contribution in [2.45, 2.75) is 12.6 Å². The van der Waals surface area contributed by atoms with Crippen molar-refractivity contribution >= 4 is 5.91 Å². The summed E-state index contributed by atoms with van der Waals surface area (Å²) < 4.78 is 0. The number of hydrogen-bond acceptors (Lipinski definition) is 3. The Morgan fingerprint density at radius 3 is 3.12 bits per heavy atom. The van der Waals surface area contributed by atoms with E-state index in [1.165, 1.54) is 0 Å². The largest absolute Gasteiger partial charge is 0.367 e. The molecule has 0 aromatic carbocycles. The quantitative estimate of drug-likeness (QED) is 0.769. The standard InChI is InChI=1S/C12H20N4O/c1-15-6-5-14-8-11(15)12(17)16(2)9-10-3-4-13-7-10/h3-4,7,11,13-14H,5-6,8-9H2,1-2H3. The minimum absolute atomic E-state index is 0.0345. The molecule has 0 bridgehead atoms. The van der Waals surface area contributed by atoms with Gasteiger partial charge in [-0.3, -0.25) is 9.69 Å². The molecule has 2 rings (SSSR count). The number of H-pyrrole nitrogens is 1. The van der Waals surface area contributed by atoms with E-state index in [9.17, 15) is 4.79 Å². The number of nitrogens with zero attached hydrogens (tertiary/aromatic N) is 2. The Morgan fingerprint density at radius 2 is 2.47 bits per heavy atom. The van der Waals surface area contributed by atoms with Gasteiger partial charge in [0.2, 0.25) is 5.91 Å². The molecule has 0 radical (unpaired) electrons. The Bertz CT molecular complexity index is 363. The SMILES string of the molecule is CN(Cc1cc[nH]c1)C(=O)C1CNCCN1C. The van der Waals surface area contributed by atoms with Gasteiger partial charge in [0.15, 0.2) is 0 Å². The van der Waals surface area contributed by atoms with Crippen LogP contribution in [-0.4, -0.2) is 60.5 Å². The Hall–Kier alpha value is -1.33. The van der Waals surface area contributed by atoms with Gasteiger partial charge in [0, 0.05) is 45.6 Å². The van der Waals surface area contributed by atoms with Crippen molar-refractivity contribution in [3.8, 4) is 0 Å². The zero-order valence-electron chi connectivity index (χ0n) is 10.4. The average molecular weight is 236 g/mol. The third-order valence-corrected chi connectivity index (χ3v) is 3.25. The molecule has 94 valence electrons. The number of aromatic amines is 1. The third kappa shape index (κ3) is 2.87. The van der Waals surface area contributed by atoms with Crippen molar-refractivity contribution in [1.82, 2.24) is 20.1 Å². The summed E-state index contributed by atoms with van der Waals surface area (Å²) in [6.07, 6.45) is 3.80. The molecule has 0 aliphatic carbocycles. The van der Waals surface area contributed by atoms with E-state index in [0.29, 0.717) is 6.54 Å². The second kappa shape index (κ2) is 5.33. The fourth-order valence-corrected chi connectivity index (χ4v) is 2.14. The van der Waals surface area contributed by atoms with E-state index in [4.69, 9.17) is 0 Å². The van der Waals surface area contributed by atoms with Crippen molar-refractivity contribution in [2.24, 2.45) is 0 Å². The van der Waals surface area contributed by atoms with Gasteiger partial charge in [-0.2, -0.15) is 0 Å². The molecule has 0 spiro atoms. The van der Waals surface area contributed by atoms with E-state index in [-0.39, 0.29) is 11.9 Å². The lowest BCUT2D eigenvalue weighted by Gasteiger charge is -2.34. The number of likely N-dealkylation sites (N-methyl/N-ethyl adjacent to an activating group) is 2. The number of nitrogens with one attached hydrogen (secondary N) is 2. The molecular weight excluding hydrogens is 216 g/mol. The summed E-state index contributed by atoms with van der Waals surface area (Å²) in [6, 6.07) is 1.96. The van der Waals surface area contributed by atoms with Crippen molar-refractivity contribution in [3.63, 3.8) is 0 Å². The van der Waals surface area contributed by atoms with Gasteiger partial charge in [0.25, 0.3) is 0 Å². The topological polar surface area (TPSA) is 51.4 Å². The van der Waals surface area contributed by atoms with E-state index < -0.39 is 0 Å². The molecule has 1 fully saturated rings. The molecule has 1 saturated heterocycles. The predicted octanol–water partition coefficient (Wildman–Crippen LogP) is -0.123. The number of piperazine rings is 1. The molecular formula is C12H20N4O. The van der Waals surface area contributed by atoms with Crippen LogP contribution in [0.2, 0.25) is 0 Å². The van der Waals surface area contributed by atoms with Crippen LogP contribution in [0, 0.1) is 0 Å². The second-order valence-corrected chi connectivity index (χ2v) is 4.61. The average Bonchev–Trinajstić information content (AvgIpc) is 2.81. The monoisotopic (exact) mass is 236 g/mol. The normalized spacial score (nSPS) is 21.4. The molecule has 5 nitrogen and oxygen atoms in total. The van der Waals surface area contributed by atoms with Gasteiger partial charge < -0.3 is 15.2 Å². The summed E-state index contributed by atoms with van der Waals surface area (Å²) in [6.45, 7) is 3.29. The molecule has 5 heteroatoms. The lowest BCUT2D eigenvalue weighted by molar-refractivity contribution is -0.136. The van der Waals surface area contributed by atoms with Gasteiger partial charge in [-0.1, -0.05) is 0 Å². The fourth-order valence-electron chi connectivity index (χ4n) is 2.14. The number of carbonyl (C=O) groups is 1. The minimum atomic E-state index is -0.0345. The van der Waals surface area contributed by atoms with Crippen molar-refractivity contribution in [3.05, 3.63) is 24.0 Å². The smallest absolute Gasteiger partial charge is 0.241 e. The number of carbonyl (C=O) groups excluding carboxylic acids is 1. The zero-order valence-corrected chi connectivity index (χ0v) is 10.4. The van der Waals surface area contributed by atoms with E-state index >= 15 is 0 Å². The first kappa shape index (κ1) is 12.1. The van der Waals surface area contributed by atoms with Gasteiger partial charge >= 0.3 is 0 Å². The fraction of sp³-hybridized carbons (Fsp3) is 0.583. The number of amides is 1. The number of aromatic nitrogens is 1. The summed E-state index contributed by atoms with van der Waals surface area (Å²) >= 11 is 0. The van der Waals surface area contributed by atoms with Crippen LogP contribution in [0.4, 0.5) is 0 Å². The maximum atomic E-state index is 12.3. The van der Waals surface area contributed by atoms with E-state index in [1.807, 2.05) is 32.6 Å². The molecule has 0 saturated carbocycles. The number of hydrogen-bond donors (Lipinski definition) is 2. The molecule has 2 heterocycles. The molecule has 1 atom stereocenters. The summed E-state index contributed by atoms with van der Waals surface area (Å²) in [7, 11) is 3.87. The van der Waals surface area contributed by atoms with Crippen molar-refractivity contribution in [1.29, 1.82) is 0 Å². The van der Waals surface area contributed by atoms with Gasteiger partial charge in [-0.05, 0) is 18.7 Å². The van der Waals surface area contributed by atoms with Gasteiger partial charge in [-0.25, -0.2) is 0 Å². The predicted molar refractivity (Wildman–Crippen MR) is 66.6 cm³/mol. The van der Waals surface area contributed by atoms with Crippen LogP contribution in [-0.2, 0) is 11.3 Å². The van der Waals surface area contributed by atoms with Crippen LogP contribution in [0.1, 0.15) is 5.56 Å². The molecule has 17 heavy (non-hydrogen) atoms. The zero-order chi connectivity index (χ0) is 12.3. The van der Waals surface area contributed by atoms with Crippen LogP contribution in [0.5, 0.6) is 0 Å². The van der Waals surface area contributed by atoms with Crippen molar-refractivity contribution < 1.29 is 4.79 Å². The first-order valence-corrected chi connectivity index (χ1v) is 5.96. The summed E-state index contributed by atoms with van der Waals surface area (Å²) in [5.41, 5.74) is 1.13. The molecule has 2 N–H and O–H groups in total. The summed E-state index contributed by atoms with van der Waals surface area (Å²) in [5, 5.41) is 3.26. The van der Waals surface area contributed by atoms with Crippen molar-refractivity contribution in [2.75, 3.05) is 33.7 Å². The molecule has 1 aromatic rings. The highest BCUT2D eigenvalue weighted by Gasteiger charge is 2.28. The Labute approximate surface area is 102 Å². The van der Waals surface area contributed by atoms with Crippen LogP contribution in [0.25, 0.3) is 0 Å². The Kier molecular flexibility index (Phi) is 3.81. The minimum Gasteiger partial charge on any atom is -0.367 e. The van der Waals surface area contributed by atoms with E-state index in [2.05, 4.69) is 15.2 Å². The molecule has 1 aliphatic heterocycles. The van der Waals surface area contributed by atoms with Crippen LogP contribution >= 0.6 is 0 Å². The highest BCUT2D eigenvalue weighted by Crippen LogP contribution is 2.07. The lowest BCUT2D eigenvalue weighted by atomic mass is 10.1. The molecule has 1 aliphatic rings. The first-order valence-electron chi connectivity index (χ1n) is 5.96. The van der Waals surface area contributed by atoms with E-state index in [0.717, 1.165) is 25.2 Å². The maximum Gasteiger partial charge on any atom is 0.241 e. The van der Waals surface area contributed by atoms with E-state index in [1.54, 1.807) is 4.90 Å². The Morgan fingerprint density at radius 1 is 1.65 bits per heavy atom. The summed E-state index contributed by atoms with van der Waals surface area (Å²) in [4.78, 5) is 19.2. The maximum absolute atomic E-state index is 12.3. The van der Waals surface area contributed by atoms with Crippen LogP contribution in [0.3, 0.4) is 0 Å². The van der Waals surface area contributed by atoms with Crippen LogP contribution < -0.4 is 5.32 Å². The van der Waals surface area contributed by atoms with Gasteiger partial charge in [0.05, 0.1) is 0 Å². The van der Waals surface area contributed by atoms with Crippen LogP contribution in [0.15, 0.2) is 18.5 Å². The lowest BCUT2D eigenvalue weighted by Crippen LogP contribution is -2.56. The highest BCUT2D eigenvalue weighted by atomic mass is 16.2. The third-order valence-electron chi connectivity index (χ3n) is 3.25. The molecule has 1 aromatic heterocycles. The molecule has 1 unspecified atom stereocenters. The van der Waals surface area contributed by atoms with Gasteiger partial charge in [0.1, 0.15) is 6.04 Å². The second-order valence-electron chi connectivity index (χ2n) is 4.61. The highest BCUT2D eigenvalue weighted by molar-refractivity contribution is 5.82. The Balaban J connectivity index is 1.94.